The van der Waals surface area contributed by atoms with Gasteiger partial charge in [-0.05, 0) is 55.2 Å². The first kappa shape index (κ1) is 30.4. The van der Waals surface area contributed by atoms with Gasteiger partial charge in [0, 0.05) is 62.3 Å². The first-order valence-electron chi connectivity index (χ1n) is 13.6. The molecule has 2 aromatic carbocycles. The Labute approximate surface area is 239 Å². The van der Waals surface area contributed by atoms with Crippen LogP contribution in [0, 0.1) is 17.6 Å². The third-order valence-corrected chi connectivity index (χ3v) is 9.44. The number of nitrogens with one attached hydrogen (secondary N) is 2. The summed E-state index contributed by atoms with van der Waals surface area (Å²) in [5.74, 6) is -2.32. The second-order valence-electron chi connectivity index (χ2n) is 10.5. The second kappa shape index (κ2) is 13.4. The molecule has 2 aliphatic rings. The molecule has 2 N–H and O–H groups in total. The quantitative estimate of drug-likeness (QED) is 0.415. The molecule has 2 aromatic rings. The number of hydrogen-bond acceptors (Lipinski definition) is 5. The zero-order valence-corrected chi connectivity index (χ0v) is 24.0. The highest BCUT2D eigenvalue weighted by molar-refractivity contribution is 7.89. The van der Waals surface area contributed by atoms with Crippen molar-refractivity contribution in [1.29, 1.82) is 0 Å². The molecular formula is C28H35ClF2N4O4S. The average Bonchev–Trinajstić information content (AvgIpc) is 3.27. The van der Waals surface area contributed by atoms with Crippen molar-refractivity contribution < 1.29 is 26.8 Å². The minimum absolute atomic E-state index is 0.0619. The van der Waals surface area contributed by atoms with Crippen molar-refractivity contribution in [3.05, 3.63) is 64.7 Å². The molecular weight excluding hydrogens is 562 g/mol. The number of likely N-dealkylation sites (tertiary alicyclic amines) is 1. The molecule has 2 amide bonds. The lowest BCUT2D eigenvalue weighted by Crippen LogP contribution is -2.55. The molecule has 2 aliphatic heterocycles. The van der Waals surface area contributed by atoms with Gasteiger partial charge >= 0.3 is 0 Å². The fourth-order valence-corrected chi connectivity index (χ4v) is 7.12. The van der Waals surface area contributed by atoms with Gasteiger partial charge in [-0.3, -0.25) is 9.59 Å². The number of hydrogen-bond donors (Lipinski definition) is 2. The molecule has 8 nitrogen and oxygen atoms in total. The van der Waals surface area contributed by atoms with Crippen LogP contribution < -0.4 is 10.6 Å². The molecule has 0 radical (unpaired) electrons. The molecule has 4 rings (SSSR count). The predicted octanol–water partition coefficient (Wildman–Crippen LogP) is 3.35. The van der Waals surface area contributed by atoms with E-state index in [9.17, 15) is 26.8 Å². The molecule has 2 unspecified atom stereocenters. The number of piperazine rings is 1. The van der Waals surface area contributed by atoms with E-state index in [1.165, 1.54) is 28.6 Å². The maximum atomic E-state index is 13.9. The molecule has 12 heteroatoms. The van der Waals surface area contributed by atoms with Gasteiger partial charge in [0.1, 0.15) is 11.6 Å². The van der Waals surface area contributed by atoms with Crippen molar-refractivity contribution in [2.24, 2.45) is 5.92 Å². The molecule has 2 fully saturated rings. The lowest BCUT2D eigenvalue weighted by Gasteiger charge is -2.35. The van der Waals surface area contributed by atoms with Crippen LogP contribution in [-0.4, -0.2) is 74.2 Å². The zero-order chi connectivity index (χ0) is 28.9. The molecule has 0 aliphatic carbocycles. The maximum absolute atomic E-state index is 13.9. The van der Waals surface area contributed by atoms with E-state index < -0.39 is 33.6 Å². The molecule has 0 spiro atoms. The van der Waals surface area contributed by atoms with Crippen molar-refractivity contribution in [3.8, 4) is 0 Å². The zero-order valence-electron chi connectivity index (χ0n) is 22.4. The summed E-state index contributed by atoms with van der Waals surface area (Å²) in [7, 11) is -3.80. The number of halogens is 3. The van der Waals surface area contributed by atoms with Gasteiger partial charge in [-0.1, -0.05) is 31.0 Å². The molecule has 2 heterocycles. The Morgan fingerprint density at radius 2 is 1.93 bits per heavy atom. The third kappa shape index (κ3) is 7.78. The smallest absolute Gasteiger partial charge is 0.243 e. The average molecular weight is 597 g/mol. The van der Waals surface area contributed by atoms with Crippen LogP contribution in [0.25, 0.3) is 0 Å². The van der Waals surface area contributed by atoms with Crippen molar-refractivity contribution in [2.75, 3.05) is 32.7 Å². The molecule has 0 aromatic heterocycles. The molecule has 0 saturated carbocycles. The Bertz CT molecular complexity index is 1310. The van der Waals surface area contributed by atoms with Crippen molar-refractivity contribution in [1.82, 2.24) is 19.8 Å². The van der Waals surface area contributed by atoms with Crippen LogP contribution in [0.2, 0.25) is 5.02 Å². The summed E-state index contributed by atoms with van der Waals surface area (Å²) in [4.78, 5) is 27.5. The number of carbonyl (C=O) groups excluding carboxylic acids is 2. The Balaban J connectivity index is 1.48. The normalized spacial score (nSPS) is 21.0. The van der Waals surface area contributed by atoms with E-state index in [-0.39, 0.29) is 48.7 Å². The number of benzene rings is 2. The Morgan fingerprint density at radius 1 is 1.18 bits per heavy atom. The highest BCUT2D eigenvalue weighted by atomic mass is 35.5. The van der Waals surface area contributed by atoms with Crippen LogP contribution in [0.15, 0.2) is 47.4 Å². The van der Waals surface area contributed by atoms with Crippen molar-refractivity contribution in [3.63, 3.8) is 0 Å². The van der Waals surface area contributed by atoms with Gasteiger partial charge in [0.15, 0.2) is 0 Å². The SMILES string of the molecule is CCCCN1CC(C(=O)NC(Cc2cc(F)cc(F)c2)C[C@H]2CN(S(=O)(=O)c3cccc(Cl)c3)CCN2)CC1=O. The van der Waals surface area contributed by atoms with E-state index in [2.05, 4.69) is 10.6 Å². The molecule has 40 heavy (non-hydrogen) atoms. The molecule has 0 bridgehead atoms. The Hall–Kier alpha value is -2.60. The van der Waals surface area contributed by atoms with E-state index in [1.807, 2.05) is 6.92 Å². The minimum Gasteiger partial charge on any atom is -0.353 e. The van der Waals surface area contributed by atoms with Gasteiger partial charge < -0.3 is 15.5 Å². The number of nitrogens with zero attached hydrogens (tertiary/aromatic N) is 2. The van der Waals surface area contributed by atoms with E-state index in [4.69, 9.17) is 11.6 Å². The van der Waals surface area contributed by atoms with Crippen LogP contribution in [0.4, 0.5) is 8.78 Å². The lowest BCUT2D eigenvalue weighted by atomic mass is 9.97. The number of sulfonamides is 1. The van der Waals surface area contributed by atoms with Crippen LogP contribution in [0.5, 0.6) is 0 Å². The van der Waals surface area contributed by atoms with Crippen LogP contribution in [0.1, 0.15) is 38.2 Å². The first-order valence-corrected chi connectivity index (χ1v) is 15.4. The monoisotopic (exact) mass is 596 g/mol. The number of amides is 2. The van der Waals surface area contributed by atoms with E-state index in [1.54, 1.807) is 17.0 Å². The summed E-state index contributed by atoms with van der Waals surface area (Å²) < 4.78 is 55.8. The highest BCUT2D eigenvalue weighted by Crippen LogP contribution is 2.23. The van der Waals surface area contributed by atoms with Crippen LogP contribution in [-0.2, 0) is 26.0 Å². The summed E-state index contributed by atoms with van der Waals surface area (Å²) >= 11 is 6.02. The van der Waals surface area contributed by atoms with Gasteiger partial charge in [0.25, 0.3) is 0 Å². The second-order valence-corrected chi connectivity index (χ2v) is 12.9. The standard InChI is InChI=1S/C28H35ClF2N4O4S/c1-2-3-8-34-17-20(13-27(34)36)28(37)33-24(12-19-10-22(30)15-23(31)11-19)16-25-18-35(9-7-32-25)40(38,39)26-6-4-5-21(29)14-26/h4-6,10-11,14-15,20,24-25,32H,2-3,7-9,12-13,16-18H2,1H3,(H,33,37)/t20?,24?,25-/m0/s1. The molecule has 218 valence electrons. The Kier molecular flexibility index (Phi) is 10.2. The van der Waals surface area contributed by atoms with Gasteiger partial charge in [-0.25, -0.2) is 17.2 Å². The van der Waals surface area contributed by atoms with E-state index in [0.717, 1.165) is 18.9 Å². The number of rotatable bonds is 11. The fraction of sp³-hybridized carbons (Fsp3) is 0.500. The van der Waals surface area contributed by atoms with Crippen LogP contribution in [0.3, 0.4) is 0 Å². The van der Waals surface area contributed by atoms with Gasteiger partial charge in [0.05, 0.1) is 10.8 Å². The van der Waals surface area contributed by atoms with Crippen molar-refractivity contribution in [2.45, 2.75) is 56.0 Å². The molecule has 2 saturated heterocycles. The van der Waals surface area contributed by atoms with Crippen molar-refractivity contribution >= 4 is 33.4 Å². The maximum Gasteiger partial charge on any atom is 0.243 e. The first-order chi connectivity index (χ1) is 19.0. The summed E-state index contributed by atoms with van der Waals surface area (Å²) in [6, 6.07) is 8.41. The highest BCUT2D eigenvalue weighted by Gasteiger charge is 2.36. The van der Waals surface area contributed by atoms with E-state index >= 15 is 0 Å². The lowest BCUT2D eigenvalue weighted by molar-refractivity contribution is -0.129. The number of carbonyl (C=O) groups is 2. The predicted molar refractivity (Wildman–Crippen MR) is 148 cm³/mol. The summed E-state index contributed by atoms with van der Waals surface area (Å²) in [5, 5.41) is 6.62. The summed E-state index contributed by atoms with van der Waals surface area (Å²) in [6.45, 7) is 3.77. The van der Waals surface area contributed by atoms with Crippen LogP contribution >= 0.6 is 11.6 Å². The third-order valence-electron chi connectivity index (χ3n) is 7.34. The summed E-state index contributed by atoms with van der Waals surface area (Å²) in [5.41, 5.74) is 0.370. The molecule has 3 atom stereocenters. The topological polar surface area (TPSA) is 98.8 Å². The van der Waals surface area contributed by atoms with Gasteiger partial charge in [0.2, 0.25) is 21.8 Å². The van der Waals surface area contributed by atoms with Gasteiger partial charge in [-0.15, -0.1) is 0 Å². The Morgan fingerprint density at radius 3 is 2.62 bits per heavy atom. The van der Waals surface area contributed by atoms with E-state index in [0.29, 0.717) is 36.6 Å². The fourth-order valence-electron chi connectivity index (χ4n) is 5.33. The minimum atomic E-state index is -3.80. The number of unbranched alkanes of at least 4 members (excludes halogenated alkanes) is 1. The largest absolute Gasteiger partial charge is 0.353 e. The summed E-state index contributed by atoms with van der Waals surface area (Å²) in [6.07, 6.45) is 2.36. The van der Waals surface area contributed by atoms with Gasteiger partial charge in [-0.2, -0.15) is 4.31 Å².